The average Bonchev–Trinajstić information content (AvgIpc) is 3.18. The monoisotopic (exact) mass is 810 g/mol. The number of esters is 1. The van der Waals surface area contributed by atoms with Gasteiger partial charge in [0, 0.05) is 5.41 Å². The molecule has 0 aromatic carbocycles. The van der Waals surface area contributed by atoms with Gasteiger partial charge in [-0.1, -0.05) is 53.2 Å². The fourth-order valence-electron chi connectivity index (χ4n) is 13.9. The molecule has 57 heavy (non-hydrogen) atoms. The summed E-state index contributed by atoms with van der Waals surface area (Å²) >= 11 is 0. The van der Waals surface area contributed by atoms with Crippen molar-refractivity contribution in [3.8, 4) is 0 Å². The summed E-state index contributed by atoms with van der Waals surface area (Å²) in [5.74, 6) is 0.444. The summed E-state index contributed by atoms with van der Waals surface area (Å²) in [6, 6.07) is 0. The summed E-state index contributed by atoms with van der Waals surface area (Å²) in [6.45, 7) is 12.5. The van der Waals surface area contributed by atoms with Gasteiger partial charge >= 0.3 is 5.97 Å². The maximum atomic E-state index is 13.6. The number of ether oxygens (including phenoxy) is 5. The van der Waals surface area contributed by atoms with E-state index in [0.717, 1.165) is 57.8 Å². The third-order valence-electron chi connectivity index (χ3n) is 17.6. The summed E-state index contributed by atoms with van der Waals surface area (Å²) in [6.07, 6.45) is -4.90. The molecule has 6 fully saturated rings. The summed E-state index contributed by atoms with van der Waals surface area (Å²) in [5.41, 5.74) is 0.0345. The Morgan fingerprint density at radius 3 is 2.02 bits per heavy atom. The van der Waals surface area contributed by atoms with Crippen molar-refractivity contribution in [3.63, 3.8) is 0 Å². The first-order valence-corrected chi connectivity index (χ1v) is 21.4. The number of aliphatic hydroxyl groups excluding tert-OH is 8. The summed E-state index contributed by atoms with van der Waals surface area (Å²) in [7, 11) is 1.53. The molecule has 14 nitrogen and oxygen atoms in total. The highest BCUT2D eigenvalue weighted by molar-refractivity contribution is 5.78. The van der Waals surface area contributed by atoms with Gasteiger partial charge in [0.25, 0.3) is 0 Å². The Labute approximate surface area is 336 Å². The Hall–Kier alpha value is -1.27. The first-order valence-electron chi connectivity index (χ1n) is 21.4. The number of hydrogen-bond donors (Lipinski definition) is 8. The van der Waals surface area contributed by atoms with Crippen molar-refractivity contribution in [3.05, 3.63) is 11.6 Å². The van der Waals surface area contributed by atoms with E-state index in [1.165, 1.54) is 12.7 Å². The van der Waals surface area contributed by atoms with Gasteiger partial charge in [-0.25, -0.2) is 0 Å². The van der Waals surface area contributed by atoms with E-state index in [9.17, 15) is 45.6 Å². The van der Waals surface area contributed by atoms with Gasteiger partial charge in [0.1, 0.15) is 48.8 Å². The predicted octanol–water partition coefficient (Wildman–Crippen LogP) is 1.94. The van der Waals surface area contributed by atoms with Crippen LogP contribution in [0.15, 0.2) is 11.6 Å². The molecule has 0 bridgehead atoms. The van der Waals surface area contributed by atoms with Gasteiger partial charge in [0.2, 0.25) is 0 Å². The van der Waals surface area contributed by atoms with Gasteiger partial charge in [0.05, 0.1) is 38.4 Å². The summed E-state index contributed by atoms with van der Waals surface area (Å²) < 4.78 is 29.3. The topological polar surface area (TPSA) is 225 Å². The Kier molecular flexibility index (Phi) is 11.7. The van der Waals surface area contributed by atoms with Gasteiger partial charge < -0.3 is 64.5 Å². The van der Waals surface area contributed by atoms with E-state index in [1.807, 2.05) is 6.92 Å². The van der Waals surface area contributed by atoms with Crippen molar-refractivity contribution < 1.29 is 69.3 Å². The van der Waals surface area contributed by atoms with Crippen LogP contribution in [0.2, 0.25) is 0 Å². The van der Waals surface area contributed by atoms with E-state index >= 15 is 0 Å². The number of hydrogen-bond acceptors (Lipinski definition) is 14. The Morgan fingerprint density at radius 2 is 1.37 bits per heavy atom. The molecule has 4 saturated carbocycles. The fourth-order valence-corrected chi connectivity index (χ4v) is 13.9. The molecule has 19 atom stereocenters. The van der Waals surface area contributed by atoms with Gasteiger partial charge in [-0.2, -0.15) is 0 Å². The minimum atomic E-state index is -1.76. The van der Waals surface area contributed by atoms with Crippen LogP contribution in [-0.2, 0) is 28.5 Å². The van der Waals surface area contributed by atoms with E-state index in [1.54, 1.807) is 0 Å². The Bertz CT molecular complexity index is 1520. The number of rotatable bonds is 8. The average molecular weight is 811 g/mol. The summed E-state index contributed by atoms with van der Waals surface area (Å²) in [4.78, 5) is 13.6. The van der Waals surface area contributed by atoms with Crippen molar-refractivity contribution in [1.82, 2.24) is 0 Å². The Balaban J connectivity index is 1.11. The molecule has 2 aliphatic heterocycles. The van der Waals surface area contributed by atoms with Gasteiger partial charge in [-0.05, 0) is 104 Å². The lowest BCUT2D eigenvalue weighted by Crippen LogP contribution is -2.67. The normalized spacial score (nSPS) is 53.4. The fraction of sp³-hybridized carbons (Fsp3) is 0.930. The second-order valence-corrected chi connectivity index (χ2v) is 20.7. The van der Waals surface area contributed by atoms with Crippen molar-refractivity contribution in [2.75, 3.05) is 26.9 Å². The molecule has 326 valence electrons. The highest BCUT2D eigenvalue weighted by Crippen LogP contribution is 2.76. The molecule has 7 rings (SSSR count). The lowest BCUT2D eigenvalue weighted by molar-refractivity contribution is -0.369. The maximum Gasteiger partial charge on any atom is 0.312 e. The molecule has 0 amide bonds. The zero-order valence-electron chi connectivity index (χ0n) is 34.9. The lowest BCUT2D eigenvalue weighted by Gasteiger charge is -2.71. The quantitative estimate of drug-likeness (QED) is 0.0998. The van der Waals surface area contributed by atoms with Gasteiger partial charge in [0.15, 0.2) is 12.6 Å². The molecule has 1 unspecified atom stereocenters. The van der Waals surface area contributed by atoms with Crippen molar-refractivity contribution >= 4 is 5.97 Å². The summed E-state index contributed by atoms with van der Waals surface area (Å²) in [5, 5.41) is 84.9. The molecule has 5 aliphatic carbocycles. The molecule has 0 spiro atoms. The van der Waals surface area contributed by atoms with Crippen LogP contribution in [-0.4, -0.2) is 141 Å². The van der Waals surface area contributed by atoms with Crippen LogP contribution in [0.5, 0.6) is 0 Å². The number of carbonyl (C=O) groups excluding carboxylic acids is 1. The lowest BCUT2D eigenvalue weighted by atomic mass is 9.33. The van der Waals surface area contributed by atoms with E-state index in [0.29, 0.717) is 12.3 Å². The number of aliphatic hydroxyl groups is 8. The molecule has 2 saturated heterocycles. The smallest absolute Gasteiger partial charge is 0.312 e. The van der Waals surface area contributed by atoms with E-state index in [4.69, 9.17) is 23.7 Å². The third-order valence-corrected chi connectivity index (χ3v) is 17.6. The van der Waals surface area contributed by atoms with E-state index in [-0.39, 0.29) is 46.1 Å². The highest BCUT2D eigenvalue weighted by atomic mass is 16.7. The van der Waals surface area contributed by atoms with E-state index in [2.05, 4.69) is 40.7 Å². The van der Waals surface area contributed by atoms with Crippen LogP contribution in [0.4, 0.5) is 0 Å². The molecule has 7 aliphatic rings. The molecule has 2 heterocycles. The first kappa shape index (κ1) is 43.8. The predicted molar refractivity (Wildman–Crippen MR) is 204 cm³/mol. The number of allylic oxidation sites excluding steroid dienone is 2. The van der Waals surface area contributed by atoms with Gasteiger partial charge in [-0.15, -0.1) is 0 Å². The maximum absolute atomic E-state index is 13.6. The minimum absolute atomic E-state index is 0.0483. The molecular weight excluding hydrogens is 740 g/mol. The zero-order chi connectivity index (χ0) is 41.7. The number of carbonyl (C=O) groups is 1. The Morgan fingerprint density at radius 1 is 0.737 bits per heavy atom. The number of fused-ring (bicyclic) bond motifs is 7. The first-order chi connectivity index (χ1) is 26.7. The molecule has 14 heteroatoms. The second kappa shape index (κ2) is 15.3. The number of methoxy groups -OCH3 is 1. The molecular formula is C43H70O14. The standard InChI is InChI=1S/C43H70O14/c1-38(2)14-16-43(37(52)53-7)17-15-41(5)22(23(43)18-38)8-9-27-39(3)12-11-28(40(4,21-46)26(39)10-13-42(27,41)6)56-35-33(51)31(49)34(25(20-45)55-35)57-36-32(50)30(48)29(47)24(19-44)54-36/h8,23-36,44-51H,9-21H2,1-7H3/t23-,24+,25+,26?,27+,28-,29+,30-,31+,32+,33+,34+,35-,36-,39-,40-,41+,42+,43-/m0/s1. The molecule has 0 radical (unpaired) electrons. The zero-order valence-corrected chi connectivity index (χ0v) is 34.9. The van der Waals surface area contributed by atoms with E-state index < -0.39 is 91.6 Å². The van der Waals surface area contributed by atoms with Gasteiger partial charge in [-0.3, -0.25) is 4.79 Å². The molecule has 0 aromatic heterocycles. The second-order valence-electron chi connectivity index (χ2n) is 20.7. The van der Waals surface area contributed by atoms with Crippen LogP contribution < -0.4 is 0 Å². The van der Waals surface area contributed by atoms with Crippen molar-refractivity contribution in [2.45, 2.75) is 173 Å². The highest BCUT2D eigenvalue weighted by Gasteiger charge is 2.70. The van der Waals surface area contributed by atoms with Crippen LogP contribution in [0.3, 0.4) is 0 Å². The van der Waals surface area contributed by atoms with Crippen LogP contribution in [0, 0.1) is 50.2 Å². The van der Waals surface area contributed by atoms with Crippen LogP contribution >= 0.6 is 0 Å². The van der Waals surface area contributed by atoms with Crippen LogP contribution in [0.25, 0.3) is 0 Å². The van der Waals surface area contributed by atoms with Crippen LogP contribution in [0.1, 0.15) is 106 Å². The van der Waals surface area contributed by atoms with Crippen molar-refractivity contribution in [2.24, 2.45) is 50.2 Å². The third kappa shape index (κ3) is 6.52. The largest absolute Gasteiger partial charge is 0.469 e. The molecule has 0 aromatic rings. The minimum Gasteiger partial charge on any atom is -0.469 e. The SMILES string of the molecule is COC(=O)[C@]12CCC(C)(C)C[C@H]1C1=CC[C@@H]3[C@@]4(C)CC[C@H](O[C@@H]5O[C@H](CO)[C@@H](O[C@@H]6O[C@H](CO)[C@@H](O)[C@H](O)[C@H]6O)[C@H](O)[C@H]5O)[C@@](C)(CO)C4CC[C@@]3(C)[C@]1(C)CC2. The molecule has 8 N–H and O–H groups in total. The van der Waals surface area contributed by atoms with Crippen molar-refractivity contribution in [1.29, 1.82) is 0 Å².